The van der Waals surface area contributed by atoms with E-state index in [9.17, 15) is 4.79 Å². The summed E-state index contributed by atoms with van der Waals surface area (Å²) in [5, 5.41) is 14.6. The van der Waals surface area contributed by atoms with Crippen molar-refractivity contribution in [2.24, 2.45) is 0 Å². The normalized spacial score (nSPS) is 9.65. The summed E-state index contributed by atoms with van der Waals surface area (Å²) in [6.07, 6.45) is 2.16. The zero-order valence-corrected chi connectivity index (χ0v) is 9.99. The lowest BCUT2D eigenvalue weighted by atomic mass is 10.2. The summed E-state index contributed by atoms with van der Waals surface area (Å²) in [4.78, 5) is 11.6. The molecule has 4 heteroatoms. The maximum atomic E-state index is 11.6. The van der Waals surface area contributed by atoms with Gasteiger partial charge in [0, 0.05) is 0 Å². The fraction of sp³-hybridized carbons (Fsp3) is 0.385. The summed E-state index contributed by atoms with van der Waals surface area (Å²) in [5.41, 5.74) is 1.05. The van der Waals surface area contributed by atoms with E-state index in [-0.39, 0.29) is 12.5 Å². The maximum absolute atomic E-state index is 11.6. The molecule has 0 aliphatic carbocycles. The fourth-order valence-corrected chi connectivity index (χ4v) is 1.39. The van der Waals surface area contributed by atoms with Gasteiger partial charge in [0.2, 0.25) is 5.91 Å². The van der Waals surface area contributed by atoms with E-state index in [2.05, 4.69) is 17.6 Å². The van der Waals surface area contributed by atoms with Crippen LogP contribution in [0.2, 0.25) is 0 Å². The Kier molecular flexibility index (Phi) is 5.76. The molecule has 90 valence electrons. The number of amides is 1. The third-order valence-electron chi connectivity index (χ3n) is 2.31. The van der Waals surface area contributed by atoms with Gasteiger partial charge in [0.25, 0.3) is 0 Å². The first kappa shape index (κ1) is 13.2. The van der Waals surface area contributed by atoms with Gasteiger partial charge in [-0.05, 0) is 25.1 Å². The summed E-state index contributed by atoms with van der Waals surface area (Å²) < 4.78 is 0. The number of carbonyl (C=O) groups is 1. The van der Waals surface area contributed by atoms with E-state index in [0.29, 0.717) is 11.3 Å². The minimum absolute atomic E-state index is 0.121. The number of carbonyl (C=O) groups excluding carboxylic acids is 1. The Morgan fingerprint density at radius 2 is 2.18 bits per heavy atom. The lowest BCUT2D eigenvalue weighted by Gasteiger charge is -2.07. The molecule has 0 unspecified atom stereocenters. The Hall–Kier alpha value is -1.86. The highest BCUT2D eigenvalue weighted by Gasteiger charge is 2.05. The monoisotopic (exact) mass is 231 g/mol. The zero-order chi connectivity index (χ0) is 12.5. The molecule has 4 nitrogen and oxygen atoms in total. The van der Waals surface area contributed by atoms with Crippen LogP contribution in [-0.4, -0.2) is 19.0 Å². The Balaban J connectivity index is 2.43. The van der Waals surface area contributed by atoms with Crippen molar-refractivity contribution in [1.82, 2.24) is 5.32 Å². The van der Waals surface area contributed by atoms with Crippen molar-refractivity contribution in [2.45, 2.75) is 19.8 Å². The summed E-state index contributed by atoms with van der Waals surface area (Å²) in [6.45, 7) is 3.22. The molecule has 0 aromatic heterocycles. The molecular formula is C13H17N3O. The number of hydrogen-bond donors (Lipinski definition) is 2. The Bertz CT molecular complexity index is 409. The first-order valence-corrected chi connectivity index (χ1v) is 5.77. The number of para-hydroxylation sites is 1. The molecule has 1 aromatic rings. The van der Waals surface area contributed by atoms with Gasteiger partial charge in [0.05, 0.1) is 17.8 Å². The van der Waals surface area contributed by atoms with Gasteiger partial charge in [-0.25, -0.2) is 0 Å². The lowest BCUT2D eigenvalue weighted by Crippen LogP contribution is -2.28. The molecule has 0 aliphatic rings. The van der Waals surface area contributed by atoms with Crippen LogP contribution in [0, 0.1) is 11.3 Å². The summed E-state index contributed by atoms with van der Waals surface area (Å²) >= 11 is 0. The number of anilines is 1. The standard InChI is InChI=1S/C13H17N3O/c1-2-3-8-15-10-13(17)16-12-7-5-4-6-11(12)9-14/h4-7,15H,2-3,8,10H2,1H3,(H,16,17). The van der Waals surface area contributed by atoms with Crippen molar-refractivity contribution in [3.8, 4) is 6.07 Å². The summed E-state index contributed by atoms with van der Waals surface area (Å²) in [7, 11) is 0. The molecule has 0 saturated carbocycles. The van der Waals surface area contributed by atoms with Crippen LogP contribution in [0.4, 0.5) is 5.69 Å². The van der Waals surface area contributed by atoms with Gasteiger partial charge >= 0.3 is 0 Å². The highest BCUT2D eigenvalue weighted by atomic mass is 16.1. The molecule has 0 bridgehead atoms. The van der Waals surface area contributed by atoms with Crippen LogP contribution in [-0.2, 0) is 4.79 Å². The van der Waals surface area contributed by atoms with Crippen LogP contribution in [0.25, 0.3) is 0 Å². The molecule has 0 aliphatic heterocycles. The van der Waals surface area contributed by atoms with Crippen molar-refractivity contribution in [3.05, 3.63) is 29.8 Å². The minimum atomic E-state index is -0.121. The van der Waals surface area contributed by atoms with Crippen LogP contribution in [0.3, 0.4) is 0 Å². The number of nitrogens with one attached hydrogen (secondary N) is 2. The van der Waals surface area contributed by atoms with Crippen LogP contribution >= 0.6 is 0 Å². The van der Waals surface area contributed by atoms with Gasteiger partial charge in [0.15, 0.2) is 0 Å². The van der Waals surface area contributed by atoms with E-state index < -0.39 is 0 Å². The van der Waals surface area contributed by atoms with Crippen molar-refractivity contribution in [1.29, 1.82) is 5.26 Å². The molecule has 2 N–H and O–H groups in total. The summed E-state index contributed by atoms with van der Waals surface area (Å²) in [5.74, 6) is -0.121. The van der Waals surface area contributed by atoms with Gasteiger partial charge in [-0.1, -0.05) is 25.5 Å². The highest BCUT2D eigenvalue weighted by Crippen LogP contribution is 2.12. The molecule has 1 rings (SSSR count). The average molecular weight is 231 g/mol. The zero-order valence-electron chi connectivity index (χ0n) is 9.99. The van der Waals surface area contributed by atoms with Crippen molar-refractivity contribution in [3.63, 3.8) is 0 Å². The molecule has 0 fully saturated rings. The second-order valence-electron chi connectivity index (χ2n) is 3.74. The number of nitriles is 1. The van der Waals surface area contributed by atoms with E-state index in [4.69, 9.17) is 5.26 Å². The predicted molar refractivity (Wildman–Crippen MR) is 67.6 cm³/mol. The van der Waals surface area contributed by atoms with E-state index in [1.54, 1.807) is 24.3 Å². The van der Waals surface area contributed by atoms with Gasteiger partial charge in [0.1, 0.15) is 6.07 Å². The van der Waals surface area contributed by atoms with Crippen LogP contribution in [0.15, 0.2) is 24.3 Å². The number of hydrogen-bond acceptors (Lipinski definition) is 3. The smallest absolute Gasteiger partial charge is 0.238 e. The van der Waals surface area contributed by atoms with E-state index in [0.717, 1.165) is 19.4 Å². The number of rotatable bonds is 6. The van der Waals surface area contributed by atoms with E-state index in [1.807, 2.05) is 6.07 Å². The molecule has 0 atom stereocenters. The molecule has 1 aromatic carbocycles. The maximum Gasteiger partial charge on any atom is 0.238 e. The average Bonchev–Trinajstić information content (AvgIpc) is 2.35. The molecular weight excluding hydrogens is 214 g/mol. The first-order valence-electron chi connectivity index (χ1n) is 5.77. The van der Waals surface area contributed by atoms with Crippen LogP contribution in [0.1, 0.15) is 25.3 Å². The van der Waals surface area contributed by atoms with E-state index in [1.165, 1.54) is 0 Å². The molecule has 1 amide bonds. The SMILES string of the molecule is CCCCNCC(=O)Nc1ccccc1C#N. The fourth-order valence-electron chi connectivity index (χ4n) is 1.39. The largest absolute Gasteiger partial charge is 0.324 e. The van der Waals surface area contributed by atoms with Gasteiger partial charge in [-0.15, -0.1) is 0 Å². The topological polar surface area (TPSA) is 64.9 Å². The first-order chi connectivity index (χ1) is 8.27. The van der Waals surface area contributed by atoms with Crippen LogP contribution < -0.4 is 10.6 Å². The lowest BCUT2D eigenvalue weighted by molar-refractivity contribution is -0.115. The van der Waals surface area contributed by atoms with Gasteiger partial charge in [-0.2, -0.15) is 5.26 Å². The van der Waals surface area contributed by atoms with Gasteiger partial charge < -0.3 is 10.6 Å². The third kappa shape index (κ3) is 4.66. The Morgan fingerprint density at radius 3 is 2.88 bits per heavy atom. The molecule has 0 saturated heterocycles. The van der Waals surface area contributed by atoms with Crippen molar-refractivity contribution < 1.29 is 4.79 Å². The number of unbranched alkanes of at least 4 members (excludes halogenated alkanes) is 1. The molecule has 17 heavy (non-hydrogen) atoms. The molecule has 0 spiro atoms. The minimum Gasteiger partial charge on any atom is -0.324 e. The third-order valence-corrected chi connectivity index (χ3v) is 2.31. The number of benzene rings is 1. The Morgan fingerprint density at radius 1 is 1.41 bits per heavy atom. The van der Waals surface area contributed by atoms with E-state index >= 15 is 0 Å². The van der Waals surface area contributed by atoms with Crippen molar-refractivity contribution in [2.75, 3.05) is 18.4 Å². The number of nitrogens with zero attached hydrogens (tertiary/aromatic N) is 1. The molecule has 0 heterocycles. The van der Waals surface area contributed by atoms with Crippen molar-refractivity contribution >= 4 is 11.6 Å². The Labute approximate surface area is 102 Å². The van der Waals surface area contributed by atoms with Crippen LogP contribution in [0.5, 0.6) is 0 Å². The second kappa shape index (κ2) is 7.42. The second-order valence-corrected chi connectivity index (χ2v) is 3.74. The van der Waals surface area contributed by atoms with Gasteiger partial charge in [-0.3, -0.25) is 4.79 Å². The quantitative estimate of drug-likeness (QED) is 0.735. The molecule has 0 radical (unpaired) electrons. The highest BCUT2D eigenvalue weighted by molar-refractivity contribution is 5.93. The predicted octanol–water partition coefficient (Wildman–Crippen LogP) is 1.89. The summed E-state index contributed by atoms with van der Waals surface area (Å²) in [6, 6.07) is 9.01.